The Bertz CT molecular complexity index is 1380. The number of rotatable bonds is 2. The molecule has 4 heterocycles. The van der Waals surface area contributed by atoms with Crippen LogP contribution in [0.15, 0.2) is 97.6 Å². The van der Waals surface area contributed by atoms with Crippen LogP contribution < -0.4 is 0 Å². The lowest BCUT2D eigenvalue weighted by molar-refractivity contribution is 0.475. The van der Waals surface area contributed by atoms with Gasteiger partial charge < -0.3 is 20.2 Å². The number of phenolic OH excluding ortho intramolecular Hbond substituents is 2. The van der Waals surface area contributed by atoms with E-state index >= 15 is 0 Å². The number of phenols is 2. The van der Waals surface area contributed by atoms with Gasteiger partial charge in [-0.15, -0.1) is 0 Å². The third-order valence-electron chi connectivity index (χ3n) is 5.14. The highest BCUT2D eigenvalue weighted by Crippen LogP contribution is 2.30. The molecule has 6 nitrogen and oxygen atoms in total. The second kappa shape index (κ2) is 8.28. The molecule has 0 fully saturated rings. The maximum Gasteiger partial charge on any atom is 0.116 e. The van der Waals surface area contributed by atoms with Crippen LogP contribution in [0.2, 0.25) is 0 Å². The molecule has 0 saturated heterocycles. The molecule has 2 aromatic carbocycles. The highest BCUT2D eigenvalue weighted by Gasteiger charge is 2.09. The molecule has 0 amide bonds. The van der Waals surface area contributed by atoms with E-state index in [0.29, 0.717) is 0 Å². The maximum atomic E-state index is 9.64. The van der Waals surface area contributed by atoms with Crippen molar-refractivity contribution in [2.75, 3.05) is 0 Å². The Hall–Kier alpha value is -4.58. The van der Waals surface area contributed by atoms with Gasteiger partial charge in [-0.05, 0) is 66.7 Å². The van der Waals surface area contributed by atoms with Gasteiger partial charge in [0.25, 0.3) is 0 Å². The fraction of sp³-hybridized carbons (Fsp3) is 0. The van der Waals surface area contributed by atoms with Gasteiger partial charge in [-0.2, -0.15) is 0 Å². The number of H-pyrrole nitrogens is 2. The van der Waals surface area contributed by atoms with Crippen molar-refractivity contribution >= 4 is 21.8 Å². The van der Waals surface area contributed by atoms with Crippen molar-refractivity contribution in [2.24, 2.45) is 0 Å². The van der Waals surface area contributed by atoms with Gasteiger partial charge in [0.15, 0.2) is 0 Å². The van der Waals surface area contributed by atoms with E-state index in [-0.39, 0.29) is 11.5 Å². The van der Waals surface area contributed by atoms with Crippen LogP contribution in [0.4, 0.5) is 0 Å². The van der Waals surface area contributed by atoms with E-state index in [1.807, 2.05) is 54.9 Å². The smallest absolute Gasteiger partial charge is 0.116 e. The molecule has 0 bridgehead atoms. The van der Waals surface area contributed by atoms with Crippen molar-refractivity contribution in [3.05, 3.63) is 97.6 Å². The molecule has 0 aliphatic heterocycles. The van der Waals surface area contributed by atoms with Gasteiger partial charge in [0, 0.05) is 69.1 Å². The zero-order valence-electron chi connectivity index (χ0n) is 17.0. The molecule has 32 heavy (non-hydrogen) atoms. The number of hydrogen-bond acceptors (Lipinski definition) is 4. The summed E-state index contributed by atoms with van der Waals surface area (Å²) in [5, 5.41) is 21.2. The summed E-state index contributed by atoms with van der Waals surface area (Å²) < 4.78 is 0. The van der Waals surface area contributed by atoms with E-state index < -0.39 is 0 Å². The molecule has 0 unspecified atom stereocenters. The van der Waals surface area contributed by atoms with E-state index in [0.717, 1.165) is 44.3 Å². The van der Waals surface area contributed by atoms with Crippen molar-refractivity contribution in [3.8, 4) is 34.0 Å². The standard InChI is InChI=1S/C21H15N3O2.C5H5N/c25-16-1-3-18-12(6-16)8-20(23-18)14-5-15(11-22-10-14)21-9-13-7-17(26)2-4-19(13)24-21;1-2-4-6-5-3-1/h1-11,23-26H;1-5H. The molecule has 0 aliphatic carbocycles. The summed E-state index contributed by atoms with van der Waals surface area (Å²) in [6.07, 6.45) is 7.12. The molecule has 0 aliphatic rings. The minimum Gasteiger partial charge on any atom is -0.508 e. The highest BCUT2D eigenvalue weighted by molar-refractivity contribution is 5.89. The Labute approximate surface area is 183 Å². The largest absolute Gasteiger partial charge is 0.508 e. The van der Waals surface area contributed by atoms with Crippen molar-refractivity contribution < 1.29 is 10.2 Å². The van der Waals surface area contributed by atoms with E-state index in [1.54, 1.807) is 36.7 Å². The number of pyridine rings is 2. The van der Waals surface area contributed by atoms with Gasteiger partial charge in [-0.25, -0.2) is 0 Å². The molecule has 6 aromatic rings. The number of nitrogens with zero attached hydrogens (tertiary/aromatic N) is 2. The fourth-order valence-electron chi connectivity index (χ4n) is 3.60. The minimum absolute atomic E-state index is 0.247. The average molecular weight is 420 g/mol. The van der Waals surface area contributed by atoms with Gasteiger partial charge in [0.05, 0.1) is 0 Å². The lowest BCUT2D eigenvalue weighted by atomic mass is 10.1. The minimum atomic E-state index is 0.247. The summed E-state index contributed by atoms with van der Waals surface area (Å²) >= 11 is 0. The van der Waals surface area contributed by atoms with Gasteiger partial charge in [0.2, 0.25) is 0 Å². The molecule has 156 valence electrons. The number of aromatic hydroxyl groups is 2. The second-order valence-corrected chi connectivity index (χ2v) is 7.40. The third-order valence-corrected chi connectivity index (χ3v) is 5.14. The summed E-state index contributed by atoms with van der Waals surface area (Å²) in [5.74, 6) is 0.493. The Morgan fingerprint density at radius 1 is 0.562 bits per heavy atom. The monoisotopic (exact) mass is 420 g/mol. The van der Waals surface area contributed by atoms with Crippen molar-refractivity contribution in [2.45, 2.75) is 0 Å². The molecule has 4 N–H and O–H groups in total. The number of hydrogen-bond donors (Lipinski definition) is 4. The first-order chi connectivity index (χ1) is 15.7. The first kappa shape index (κ1) is 19.4. The zero-order chi connectivity index (χ0) is 21.9. The SMILES string of the molecule is Oc1ccc2[nH]c(-c3cncc(-c4cc5cc(O)ccc5[nH]4)c3)cc2c1.c1ccncc1. The van der Waals surface area contributed by atoms with Crippen LogP contribution in [0.5, 0.6) is 11.5 Å². The van der Waals surface area contributed by atoms with Crippen LogP contribution >= 0.6 is 0 Å². The molecule has 0 spiro atoms. The first-order valence-corrected chi connectivity index (χ1v) is 10.1. The predicted molar refractivity (Wildman–Crippen MR) is 126 cm³/mol. The van der Waals surface area contributed by atoms with E-state index in [4.69, 9.17) is 0 Å². The lowest BCUT2D eigenvalue weighted by Gasteiger charge is -2.01. The quantitative estimate of drug-likeness (QED) is 0.281. The summed E-state index contributed by atoms with van der Waals surface area (Å²) in [6.45, 7) is 0. The summed E-state index contributed by atoms with van der Waals surface area (Å²) in [5.41, 5.74) is 5.72. The first-order valence-electron chi connectivity index (χ1n) is 10.1. The number of nitrogens with one attached hydrogen (secondary N) is 2. The Morgan fingerprint density at radius 2 is 1.09 bits per heavy atom. The summed E-state index contributed by atoms with van der Waals surface area (Å²) in [4.78, 5) is 14.9. The molecule has 6 rings (SSSR count). The molecule has 6 heteroatoms. The fourth-order valence-corrected chi connectivity index (χ4v) is 3.60. The second-order valence-electron chi connectivity index (χ2n) is 7.40. The van der Waals surface area contributed by atoms with E-state index in [1.165, 1.54) is 0 Å². The average Bonchev–Trinajstić information content (AvgIpc) is 3.44. The van der Waals surface area contributed by atoms with Crippen LogP contribution in [0.3, 0.4) is 0 Å². The number of fused-ring (bicyclic) bond motifs is 2. The normalized spacial score (nSPS) is 10.8. The highest BCUT2D eigenvalue weighted by atomic mass is 16.3. The Balaban J connectivity index is 0.000000314. The molecule has 4 aromatic heterocycles. The predicted octanol–water partition coefficient (Wildman–Crippen LogP) is 5.87. The van der Waals surface area contributed by atoms with Crippen LogP contribution in [-0.2, 0) is 0 Å². The van der Waals surface area contributed by atoms with Crippen LogP contribution in [0.25, 0.3) is 44.3 Å². The topological polar surface area (TPSA) is 97.8 Å². The molecular weight excluding hydrogens is 400 g/mol. The van der Waals surface area contributed by atoms with E-state index in [2.05, 4.69) is 26.0 Å². The number of benzene rings is 2. The third kappa shape index (κ3) is 4.02. The maximum absolute atomic E-state index is 9.64. The molecular formula is C26H20N4O2. The van der Waals surface area contributed by atoms with Gasteiger partial charge in [-0.3, -0.25) is 9.97 Å². The van der Waals surface area contributed by atoms with Gasteiger partial charge in [-0.1, -0.05) is 6.07 Å². The Kier molecular flexibility index (Phi) is 5.01. The van der Waals surface area contributed by atoms with Crippen LogP contribution in [-0.4, -0.2) is 30.1 Å². The van der Waals surface area contributed by atoms with Crippen LogP contribution in [0.1, 0.15) is 0 Å². The van der Waals surface area contributed by atoms with E-state index in [9.17, 15) is 10.2 Å². The van der Waals surface area contributed by atoms with Gasteiger partial charge >= 0.3 is 0 Å². The summed E-state index contributed by atoms with van der Waals surface area (Å²) in [7, 11) is 0. The Morgan fingerprint density at radius 3 is 1.53 bits per heavy atom. The van der Waals surface area contributed by atoms with Crippen LogP contribution in [0, 0.1) is 0 Å². The molecule has 0 atom stereocenters. The lowest BCUT2D eigenvalue weighted by Crippen LogP contribution is -1.84. The van der Waals surface area contributed by atoms with Crippen molar-refractivity contribution in [1.29, 1.82) is 0 Å². The van der Waals surface area contributed by atoms with Crippen molar-refractivity contribution in [3.63, 3.8) is 0 Å². The summed E-state index contributed by atoms with van der Waals surface area (Å²) in [6, 6.07) is 22.3. The number of aromatic nitrogens is 4. The van der Waals surface area contributed by atoms with Gasteiger partial charge in [0.1, 0.15) is 11.5 Å². The number of aromatic amines is 2. The zero-order valence-corrected chi connectivity index (χ0v) is 17.0. The van der Waals surface area contributed by atoms with Crippen molar-refractivity contribution in [1.82, 2.24) is 19.9 Å². The molecule has 0 saturated carbocycles. The molecule has 0 radical (unpaired) electrons.